The molecule has 2 aromatic heterocycles. The lowest BCUT2D eigenvalue weighted by molar-refractivity contribution is 0.0996. The van der Waals surface area contributed by atoms with Gasteiger partial charge in [0.05, 0.1) is 10.7 Å². The van der Waals surface area contributed by atoms with Gasteiger partial charge in [-0.3, -0.25) is 4.79 Å². The van der Waals surface area contributed by atoms with Crippen molar-refractivity contribution in [2.24, 2.45) is 0 Å². The average Bonchev–Trinajstić information content (AvgIpc) is 3.08. The summed E-state index contributed by atoms with van der Waals surface area (Å²) < 4.78 is 6.60. The minimum atomic E-state index is -0.425. The topological polar surface area (TPSA) is 60.1 Å². The number of halogens is 2. The number of anilines is 1. The van der Waals surface area contributed by atoms with Crippen molar-refractivity contribution in [3.63, 3.8) is 0 Å². The predicted molar refractivity (Wildman–Crippen MR) is 80.2 cm³/mol. The van der Waals surface area contributed by atoms with Gasteiger partial charge in [-0.2, -0.15) is 0 Å². The van der Waals surface area contributed by atoms with Crippen LogP contribution < -0.4 is 5.32 Å². The number of aromatic nitrogens is 2. The Bertz CT molecular complexity index is 795. The normalized spacial score (nSPS) is 10.6. The number of hydrogen-bond acceptors (Lipinski definition) is 3. The number of nitrogens with zero attached hydrogens (tertiary/aromatic N) is 2. The van der Waals surface area contributed by atoms with Gasteiger partial charge >= 0.3 is 0 Å². The second-order valence-corrected chi connectivity index (χ2v) is 4.93. The van der Waals surface area contributed by atoms with Crippen LogP contribution in [0.3, 0.4) is 0 Å². The fraction of sp³-hybridized carbons (Fsp3) is 0. The largest absolute Gasteiger partial charge is 0.440 e. The van der Waals surface area contributed by atoms with Crippen molar-refractivity contribution < 1.29 is 9.21 Å². The van der Waals surface area contributed by atoms with E-state index >= 15 is 0 Å². The Morgan fingerprint density at radius 3 is 2.67 bits per heavy atom. The molecule has 0 spiro atoms. The van der Waals surface area contributed by atoms with Crippen LogP contribution in [0.1, 0.15) is 10.6 Å². The zero-order valence-electron chi connectivity index (χ0n) is 10.6. The average molecular weight is 322 g/mol. The van der Waals surface area contributed by atoms with E-state index in [0.717, 1.165) is 5.69 Å². The Kier molecular flexibility index (Phi) is 3.68. The Hall–Kier alpha value is -2.24. The number of amides is 1. The lowest BCUT2D eigenvalue weighted by Crippen LogP contribution is -2.11. The molecule has 0 atom stereocenters. The minimum absolute atomic E-state index is 0.118. The molecule has 7 heteroatoms. The molecule has 0 radical (unpaired) electrons. The van der Waals surface area contributed by atoms with Gasteiger partial charge in [0.25, 0.3) is 5.91 Å². The summed E-state index contributed by atoms with van der Waals surface area (Å²) in [5.74, 6) is 0.0750. The molecule has 5 nitrogen and oxygen atoms in total. The zero-order valence-corrected chi connectivity index (χ0v) is 12.1. The second-order valence-electron chi connectivity index (χ2n) is 4.15. The highest BCUT2D eigenvalue weighted by molar-refractivity contribution is 6.32. The van der Waals surface area contributed by atoms with Gasteiger partial charge in [0.15, 0.2) is 16.8 Å². The molecule has 0 aliphatic carbocycles. The number of benzene rings is 1. The smallest absolute Gasteiger partial charge is 0.292 e. The molecule has 1 N–H and O–H groups in total. The van der Waals surface area contributed by atoms with E-state index in [4.69, 9.17) is 27.6 Å². The highest BCUT2D eigenvalue weighted by Crippen LogP contribution is 2.20. The first kappa shape index (κ1) is 13.7. The van der Waals surface area contributed by atoms with Crippen molar-refractivity contribution in [3.05, 3.63) is 64.7 Å². The number of rotatable bonds is 3. The maximum Gasteiger partial charge on any atom is 0.292 e. The molecule has 3 aromatic rings. The van der Waals surface area contributed by atoms with Crippen LogP contribution in [0, 0.1) is 0 Å². The van der Waals surface area contributed by atoms with Gasteiger partial charge in [0.2, 0.25) is 0 Å². The predicted octanol–water partition coefficient (Wildman–Crippen LogP) is 4.02. The molecule has 1 aromatic carbocycles. The van der Waals surface area contributed by atoms with Gasteiger partial charge in [-0.05, 0) is 35.9 Å². The van der Waals surface area contributed by atoms with E-state index in [1.807, 2.05) is 18.2 Å². The molecule has 1 amide bonds. The number of carbonyl (C=O) groups excluding carboxylic acids is 1. The van der Waals surface area contributed by atoms with Gasteiger partial charge in [-0.15, -0.1) is 5.10 Å². The number of hydrogen-bond donors (Lipinski definition) is 1. The van der Waals surface area contributed by atoms with Crippen LogP contribution in [0.5, 0.6) is 0 Å². The van der Waals surface area contributed by atoms with Crippen LogP contribution in [-0.4, -0.2) is 15.7 Å². The highest BCUT2D eigenvalue weighted by Gasteiger charge is 2.12. The summed E-state index contributed by atoms with van der Waals surface area (Å²) in [4.78, 5) is 11.9. The molecule has 2 heterocycles. The maximum absolute atomic E-state index is 11.9. The Morgan fingerprint density at radius 1 is 1.14 bits per heavy atom. The van der Waals surface area contributed by atoms with E-state index in [2.05, 4.69) is 10.4 Å². The van der Waals surface area contributed by atoms with Crippen LogP contribution in [0.4, 0.5) is 5.82 Å². The monoisotopic (exact) mass is 321 g/mol. The fourth-order valence-electron chi connectivity index (χ4n) is 1.78. The molecule has 0 fully saturated rings. The lowest BCUT2D eigenvalue weighted by Gasteiger charge is -2.03. The number of para-hydroxylation sites is 1. The molecule has 0 unspecified atom stereocenters. The number of nitrogens with one attached hydrogen (secondary N) is 1. The van der Waals surface area contributed by atoms with E-state index in [-0.39, 0.29) is 11.0 Å². The summed E-state index contributed by atoms with van der Waals surface area (Å²) in [5.41, 5.74) is 0.723. The van der Waals surface area contributed by atoms with E-state index in [9.17, 15) is 4.79 Å². The molecule has 0 bridgehead atoms. The van der Waals surface area contributed by atoms with Crippen molar-refractivity contribution in [1.29, 1.82) is 0 Å². The number of carbonyl (C=O) groups is 1. The molecular weight excluding hydrogens is 313 g/mol. The van der Waals surface area contributed by atoms with Crippen molar-refractivity contribution in [1.82, 2.24) is 9.78 Å². The van der Waals surface area contributed by atoms with E-state index < -0.39 is 5.91 Å². The molecule has 106 valence electrons. The van der Waals surface area contributed by atoms with E-state index in [1.54, 1.807) is 23.0 Å². The Morgan fingerprint density at radius 2 is 1.95 bits per heavy atom. The summed E-state index contributed by atoms with van der Waals surface area (Å²) in [6.45, 7) is 0. The Labute approximate surface area is 130 Å². The van der Waals surface area contributed by atoms with Crippen molar-refractivity contribution in [3.8, 4) is 5.69 Å². The standard InChI is InChI=1S/C14H9Cl2N3O2/c15-9-3-1-2-4-10(9)19-8-7-13(18-19)17-14(20)11-5-6-12(16)21-11/h1-8H,(H,17,18,20). The third kappa shape index (κ3) is 2.94. The van der Waals surface area contributed by atoms with Crippen LogP contribution in [-0.2, 0) is 0 Å². The van der Waals surface area contributed by atoms with Crippen molar-refractivity contribution in [2.75, 3.05) is 5.32 Å². The van der Waals surface area contributed by atoms with Crippen molar-refractivity contribution in [2.45, 2.75) is 0 Å². The summed E-state index contributed by atoms with van der Waals surface area (Å²) in [6, 6.07) is 11.9. The van der Waals surface area contributed by atoms with Crippen molar-refractivity contribution >= 4 is 34.9 Å². The molecule has 0 saturated carbocycles. The first-order valence-electron chi connectivity index (χ1n) is 6.01. The summed E-state index contributed by atoms with van der Waals surface area (Å²) >= 11 is 11.7. The van der Waals surface area contributed by atoms with Gasteiger partial charge < -0.3 is 9.73 Å². The van der Waals surface area contributed by atoms with E-state index in [0.29, 0.717) is 10.8 Å². The van der Waals surface area contributed by atoms with Crippen LogP contribution in [0.2, 0.25) is 10.2 Å². The Balaban J connectivity index is 1.80. The lowest BCUT2D eigenvalue weighted by atomic mass is 10.3. The number of furan rings is 1. The SMILES string of the molecule is O=C(Nc1ccn(-c2ccccc2Cl)n1)c1ccc(Cl)o1. The summed E-state index contributed by atoms with van der Waals surface area (Å²) in [5, 5.41) is 7.57. The van der Waals surface area contributed by atoms with Gasteiger partial charge in [0, 0.05) is 12.3 Å². The zero-order chi connectivity index (χ0) is 14.8. The molecular formula is C14H9Cl2N3O2. The molecule has 21 heavy (non-hydrogen) atoms. The van der Waals surface area contributed by atoms with Crippen LogP contribution in [0.15, 0.2) is 53.1 Å². The molecule has 0 saturated heterocycles. The van der Waals surface area contributed by atoms with Gasteiger partial charge in [-0.1, -0.05) is 23.7 Å². The van der Waals surface area contributed by atoms with Crippen LogP contribution in [0.25, 0.3) is 5.69 Å². The summed E-state index contributed by atoms with van der Waals surface area (Å²) in [6.07, 6.45) is 1.70. The third-order valence-corrected chi connectivity index (χ3v) is 3.25. The quantitative estimate of drug-likeness (QED) is 0.792. The first-order valence-corrected chi connectivity index (χ1v) is 6.76. The third-order valence-electron chi connectivity index (χ3n) is 2.73. The van der Waals surface area contributed by atoms with Gasteiger partial charge in [-0.25, -0.2) is 4.68 Å². The summed E-state index contributed by atoms with van der Waals surface area (Å²) in [7, 11) is 0. The van der Waals surface area contributed by atoms with E-state index in [1.165, 1.54) is 12.1 Å². The maximum atomic E-state index is 11.9. The molecule has 3 rings (SSSR count). The first-order chi connectivity index (χ1) is 10.1. The molecule has 0 aliphatic heterocycles. The second kappa shape index (κ2) is 5.63. The fourth-order valence-corrected chi connectivity index (χ4v) is 2.14. The molecule has 0 aliphatic rings. The van der Waals surface area contributed by atoms with Crippen LogP contribution >= 0.6 is 23.2 Å². The highest BCUT2D eigenvalue weighted by atomic mass is 35.5. The van der Waals surface area contributed by atoms with Gasteiger partial charge in [0.1, 0.15) is 0 Å². The minimum Gasteiger partial charge on any atom is -0.440 e.